The Hall–Kier alpha value is -2.33. The zero-order valence-corrected chi connectivity index (χ0v) is 11.4. The second-order valence-corrected chi connectivity index (χ2v) is 4.99. The van der Waals surface area contributed by atoms with Gasteiger partial charge in [-0.25, -0.2) is 4.79 Å². The normalized spacial score (nSPS) is 10.9. The maximum absolute atomic E-state index is 11.1. The third kappa shape index (κ3) is 2.04. The molecule has 2 heterocycles. The number of benzene rings is 1. The third-order valence-corrected chi connectivity index (χ3v) is 3.47. The van der Waals surface area contributed by atoms with Crippen LogP contribution in [0.4, 0.5) is 0 Å². The van der Waals surface area contributed by atoms with E-state index >= 15 is 0 Å². The molecule has 0 saturated heterocycles. The Morgan fingerprint density at radius 2 is 2.10 bits per heavy atom. The maximum Gasteiger partial charge on any atom is 0.335 e. The summed E-state index contributed by atoms with van der Waals surface area (Å²) in [5.74, 6) is -0.966. The number of fused-ring (bicyclic) bond motifs is 1. The highest BCUT2D eigenvalue weighted by Crippen LogP contribution is 2.31. The lowest BCUT2D eigenvalue weighted by Gasteiger charge is -2.01. The zero-order chi connectivity index (χ0) is 14.3. The van der Waals surface area contributed by atoms with Crippen LogP contribution in [0.25, 0.3) is 22.2 Å². The molecule has 0 bridgehead atoms. The van der Waals surface area contributed by atoms with Crippen LogP contribution in [-0.2, 0) is 7.05 Å². The average Bonchev–Trinajstić information content (AvgIpc) is 2.75. The first-order valence-corrected chi connectivity index (χ1v) is 6.38. The number of carboxylic acid groups (broad SMARTS) is 1. The van der Waals surface area contributed by atoms with E-state index in [1.165, 1.54) is 12.3 Å². The topological polar surface area (TPSA) is 55.1 Å². The van der Waals surface area contributed by atoms with Crippen molar-refractivity contribution < 1.29 is 9.90 Å². The van der Waals surface area contributed by atoms with Crippen molar-refractivity contribution in [2.75, 3.05) is 0 Å². The van der Waals surface area contributed by atoms with Crippen molar-refractivity contribution >= 4 is 28.5 Å². The van der Waals surface area contributed by atoms with Gasteiger partial charge in [-0.3, -0.25) is 4.98 Å². The van der Waals surface area contributed by atoms with Crippen LogP contribution in [0.5, 0.6) is 0 Å². The molecule has 0 radical (unpaired) electrons. The molecule has 5 heteroatoms. The Morgan fingerprint density at radius 1 is 1.30 bits per heavy atom. The minimum absolute atomic E-state index is 0.217. The van der Waals surface area contributed by atoms with Crippen molar-refractivity contribution in [3.8, 4) is 11.3 Å². The molecule has 4 nitrogen and oxygen atoms in total. The van der Waals surface area contributed by atoms with E-state index in [-0.39, 0.29) is 5.56 Å². The van der Waals surface area contributed by atoms with Crippen molar-refractivity contribution in [3.05, 3.63) is 53.3 Å². The van der Waals surface area contributed by atoms with E-state index in [1.807, 2.05) is 36.0 Å². The van der Waals surface area contributed by atoms with Crippen LogP contribution in [0.15, 0.2) is 42.7 Å². The number of carboxylic acids is 1. The van der Waals surface area contributed by atoms with Gasteiger partial charge in [0, 0.05) is 40.9 Å². The van der Waals surface area contributed by atoms with Crippen molar-refractivity contribution in [1.82, 2.24) is 9.55 Å². The van der Waals surface area contributed by atoms with Crippen molar-refractivity contribution in [2.24, 2.45) is 7.05 Å². The molecule has 0 aliphatic carbocycles. The molecule has 0 unspecified atom stereocenters. The molecule has 0 fully saturated rings. The Bertz CT molecular complexity index is 824. The molecular formula is C15H11ClN2O2. The molecule has 20 heavy (non-hydrogen) atoms. The fourth-order valence-electron chi connectivity index (χ4n) is 2.28. The molecular weight excluding hydrogens is 276 g/mol. The lowest BCUT2D eigenvalue weighted by Crippen LogP contribution is -1.97. The van der Waals surface area contributed by atoms with E-state index in [1.54, 1.807) is 6.07 Å². The van der Waals surface area contributed by atoms with Gasteiger partial charge >= 0.3 is 5.97 Å². The van der Waals surface area contributed by atoms with Crippen molar-refractivity contribution in [1.29, 1.82) is 0 Å². The minimum atomic E-state index is -0.966. The summed E-state index contributed by atoms with van der Waals surface area (Å²) >= 11 is 6.05. The highest BCUT2D eigenvalue weighted by atomic mass is 35.5. The van der Waals surface area contributed by atoms with E-state index in [0.717, 1.165) is 16.5 Å². The first kappa shape index (κ1) is 12.7. The number of rotatable bonds is 2. The van der Waals surface area contributed by atoms with E-state index in [2.05, 4.69) is 4.98 Å². The van der Waals surface area contributed by atoms with Crippen LogP contribution in [0, 0.1) is 0 Å². The summed E-state index contributed by atoms with van der Waals surface area (Å²) in [5.41, 5.74) is 2.73. The Labute approximate surface area is 120 Å². The lowest BCUT2D eigenvalue weighted by atomic mass is 10.1. The number of hydrogen-bond donors (Lipinski definition) is 1. The minimum Gasteiger partial charge on any atom is -0.478 e. The average molecular weight is 287 g/mol. The molecule has 0 amide bonds. The van der Waals surface area contributed by atoms with Crippen LogP contribution >= 0.6 is 11.6 Å². The Kier molecular flexibility index (Phi) is 2.95. The summed E-state index contributed by atoms with van der Waals surface area (Å²) in [6.45, 7) is 0. The quantitative estimate of drug-likeness (QED) is 0.783. The fourth-order valence-corrected chi connectivity index (χ4v) is 2.45. The van der Waals surface area contributed by atoms with Gasteiger partial charge in [0.25, 0.3) is 0 Å². The molecule has 3 rings (SSSR count). The molecule has 0 atom stereocenters. The summed E-state index contributed by atoms with van der Waals surface area (Å²) in [4.78, 5) is 15.3. The van der Waals surface area contributed by atoms with Gasteiger partial charge < -0.3 is 9.67 Å². The number of aromatic nitrogens is 2. The molecule has 3 aromatic rings. The van der Waals surface area contributed by atoms with Crippen LogP contribution in [0.3, 0.4) is 0 Å². The molecule has 0 aliphatic heterocycles. The van der Waals surface area contributed by atoms with Gasteiger partial charge in [0.1, 0.15) is 0 Å². The second kappa shape index (κ2) is 4.65. The van der Waals surface area contributed by atoms with Crippen molar-refractivity contribution in [2.45, 2.75) is 0 Å². The van der Waals surface area contributed by atoms with Gasteiger partial charge in [-0.15, -0.1) is 0 Å². The standard InChI is InChI=1S/C15H11ClN2O2/c1-18-8-12(11-7-10(16)2-3-14(11)18)13-6-9(15(19)20)4-5-17-13/h2-8H,1H3,(H,19,20). The molecule has 100 valence electrons. The number of pyridine rings is 1. The Morgan fingerprint density at radius 3 is 2.85 bits per heavy atom. The van der Waals surface area contributed by atoms with Gasteiger partial charge in [-0.05, 0) is 30.3 Å². The van der Waals surface area contributed by atoms with E-state index in [9.17, 15) is 4.79 Å². The number of aromatic carboxylic acids is 1. The summed E-state index contributed by atoms with van der Waals surface area (Å²) in [5, 5.41) is 10.7. The second-order valence-electron chi connectivity index (χ2n) is 4.55. The van der Waals surface area contributed by atoms with Gasteiger partial charge in [-0.2, -0.15) is 0 Å². The van der Waals surface area contributed by atoms with Gasteiger partial charge in [0.15, 0.2) is 0 Å². The number of carbonyl (C=O) groups is 1. The Balaban J connectivity index is 2.26. The van der Waals surface area contributed by atoms with Crippen LogP contribution < -0.4 is 0 Å². The monoisotopic (exact) mass is 286 g/mol. The SMILES string of the molecule is Cn1cc(-c2cc(C(=O)O)ccn2)c2cc(Cl)ccc21. The van der Waals surface area contributed by atoms with Crippen LogP contribution in [0.1, 0.15) is 10.4 Å². The van der Waals surface area contributed by atoms with E-state index in [4.69, 9.17) is 16.7 Å². The predicted molar refractivity (Wildman–Crippen MR) is 78.1 cm³/mol. The number of nitrogens with zero attached hydrogens (tertiary/aromatic N) is 2. The summed E-state index contributed by atoms with van der Waals surface area (Å²) in [6, 6.07) is 8.67. The fraction of sp³-hybridized carbons (Fsp3) is 0.0667. The van der Waals surface area contributed by atoms with Gasteiger partial charge in [-0.1, -0.05) is 11.6 Å². The van der Waals surface area contributed by atoms with E-state index in [0.29, 0.717) is 10.7 Å². The molecule has 0 aliphatic rings. The smallest absolute Gasteiger partial charge is 0.335 e. The zero-order valence-electron chi connectivity index (χ0n) is 10.7. The number of aryl methyl sites for hydroxylation is 1. The van der Waals surface area contributed by atoms with E-state index < -0.39 is 5.97 Å². The number of halogens is 1. The summed E-state index contributed by atoms with van der Waals surface area (Å²) in [6.07, 6.45) is 3.43. The molecule has 2 aromatic heterocycles. The highest BCUT2D eigenvalue weighted by molar-refractivity contribution is 6.31. The van der Waals surface area contributed by atoms with Crippen LogP contribution in [-0.4, -0.2) is 20.6 Å². The highest BCUT2D eigenvalue weighted by Gasteiger charge is 2.12. The summed E-state index contributed by atoms with van der Waals surface area (Å²) < 4.78 is 1.97. The van der Waals surface area contributed by atoms with Crippen LogP contribution in [0.2, 0.25) is 5.02 Å². The largest absolute Gasteiger partial charge is 0.478 e. The first-order valence-electron chi connectivity index (χ1n) is 6.00. The maximum atomic E-state index is 11.1. The molecule has 1 aromatic carbocycles. The lowest BCUT2D eigenvalue weighted by molar-refractivity contribution is 0.0697. The molecule has 0 spiro atoms. The predicted octanol–water partition coefficient (Wildman–Crippen LogP) is 3.59. The molecule has 0 saturated carbocycles. The summed E-state index contributed by atoms with van der Waals surface area (Å²) in [7, 11) is 1.93. The van der Waals surface area contributed by atoms with Gasteiger partial charge in [0.2, 0.25) is 0 Å². The number of hydrogen-bond acceptors (Lipinski definition) is 2. The first-order chi connectivity index (χ1) is 9.56. The van der Waals surface area contributed by atoms with Crippen molar-refractivity contribution in [3.63, 3.8) is 0 Å². The van der Waals surface area contributed by atoms with Gasteiger partial charge in [0.05, 0.1) is 11.3 Å². The molecule has 1 N–H and O–H groups in total. The third-order valence-electron chi connectivity index (χ3n) is 3.23.